The van der Waals surface area contributed by atoms with Crippen molar-refractivity contribution < 1.29 is 67.1 Å². The van der Waals surface area contributed by atoms with E-state index < -0.39 is 18.5 Å². The van der Waals surface area contributed by atoms with Crippen molar-refractivity contribution in [2.45, 2.75) is 179 Å². The summed E-state index contributed by atoms with van der Waals surface area (Å²) in [6.07, 6.45) is 11.1. The average molecular weight is 883 g/mol. The summed E-state index contributed by atoms with van der Waals surface area (Å²) in [5.74, 6) is 0.0363. The Morgan fingerprint density at radius 3 is 1.47 bits per heavy atom. The number of hydrogen-bond donors (Lipinski definition) is 2. The second kappa shape index (κ2) is 25.9. The van der Waals surface area contributed by atoms with Crippen LogP contribution in [0, 0.1) is 23.7 Å². The van der Waals surface area contributed by atoms with Crippen LogP contribution in [0.4, 0.5) is 0 Å². The fraction of sp³-hybridized carbons (Fsp3) is 0.833. The van der Waals surface area contributed by atoms with E-state index in [1.807, 2.05) is 64.2 Å². The molecule has 0 aromatic carbocycles. The van der Waals surface area contributed by atoms with Gasteiger partial charge in [0.25, 0.3) is 0 Å². The molecule has 14 nitrogen and oxygen atoms in total. The number of allylic oxidation sites excluding steroid dienone is 4. The van der Waals surface area contributed by atoms with E-state index in [2.05, 4.69) is 20.8 Å². The van der Waals surface area contributed by atoms with E-state index in [9.17, 15) is 10.2 Å². The Labute approximate surface area is 372 Å². The summed E-state index contributed by atoms with van der Waals surface area (Å²) >= 11 is 0. The van der Waals surface area contributed by atoms with Crippen molar-refractivity contribution in [2.24, 2.45) is 23.7 Å². The molecule has 4 fully saturated rings. The SMILES string of the molecule is CC[C@H](OC)[C@@H](C)[C@H]1O[C@@H]1[C@H](O)[C@@H](C)/C=C/C=C(\C)[C@@H]1O[C@@H](OC)C[C@H](OCCC[C@H](OC)[C@@H](C)[C@H]2O[C@@H]2[C@H](O)[C@@H](C)/C=C/C=C(\C)[C@@H]2O[C@@H](OC)C[C@H](OC)[C@H]2OC)[C@@H]1OC. The molecule has 4 rings (SSSR count). The highest BCUT2D eigenvalue weighted by Gasteiger charge is 2.52. The first kappa shape index (κ1) is 53.0. The van der Waals surface area contributed by atoms with E-state index in [-0.39, 0.29) is 103 Å². The maximum absolute atomic E-state index is 11.2. The molecule has 62 heavy (non-hydrogen) atoms. The highest BCUT2D eigenvalue weighted by molar-refractivity contribution is 5.20. The first-order valence-electron chi connectivity index (χ1n) is 22.7. The molecule has 20 atom stereocenters. The maximum Gasteiger partial charge on any atom is 0.160 e. The average Bonchev–Trinajstić information content (AvgIpc) is 4.23. The molecule has 4 aliphatic heterocycles. The van der Waals surface area contributed by atoms with E-state index >= 15 is 0 Å². The zero-order valence-corrected chi connectivity index (χ0v) is 40.0. The molecule has 0 aliphatic carbocycles. The molecule has 0 aromatic rings. The van der Waals surface area contributed by atoms with Crippen molar-refractivity contribution in [3.8, 4) is 0 Å². The fourth-order valence-electron chi connectivity index (χ4n) is 9.35. The van der Waals surface area contributed by atoms with E-state index in [4.69, 9.17) is 56.8 Å². The van der Waals surface area contributed by atoms with Gasteiger partial charge < -0.3 is 67.1 Å². The molecule has 4 aliphatic rings. The second-order valence-electron chi connectivity index (χ2n) is 17.7. The van der Waals surface area contributed by atoms with Gasteiger partial charge in [-0.25, -0.2) is 0 Å². The van der Waals surface area contributed by atoms with Gasteiger partial charge in [0, 0.05) is 92.9 Å². The van der Waals surface area contributed by atoms with Crippen molar-refractivity contribution in [3.05, 3.63) is 47.6 Å². The molecule has 14 heteroatoms. The molecular formula is C48H82O14. The Hall–Kier alpha value is -1.60. The lowest BCUT2D eigenvalue weighted by molar-refractivity contribution is -0.246. The molecule has 0 radical (unpaired) electrons. The van der Waals surface area contributed by atoms with E-state index in [0.29, 0.717) is 19.4 Å². The van der Waals surface area contributed by atoms with E-state index in [1.54, 1.807) is 49.8 Å². The number of ether oxygens (including phenoxy) is 12. The van der Waals surface area contributed by atoms with Gasteiger partial charge in [0.1, 0.15) is 36.6 Å². The maximum atomic E-state index is 11.2. The van der Waals surface area contributed by atoms with Gasteiger partial charge in [-0.1, -0.05) is 71.1 Å². The van der Waals surface area contributed by atoms with Crippen LogP contribution in [0.3, 0.4) is 0 Å². The molecule has 0 aromatic heterocycles. The van der Waals surface area contributed by atoms with Crippen molar-refractivity contribution in [1.82, 2.24) is 0 Å². The summed E-state index contributed by atoms with van der Waals surface area (Å²) in [5, 5.41) is 22.3. The summed E-state index contributed by atoms with van der Waals surface area (Å²) in [5.41, 5.74) is 1.94. The van der Waals surface area contributed by atoms with Crippen LogP contribution in [0.5, 0.6) is 0 Å². The second-order valence-corrected chi connectivity index (χ2v) is 17.7. The number of methoxy groups -OCH3 is 7. The molecule has 2 N–H and O–H groups in total. The summed E-state index contributed by atoms with van der Waals surface area (Å²) in [6, 6.07) is 0. The van der Waals surface area contributed by atoms with Gasteiger partial charge in [0.15, 0.2) is 12.6 Å². The minimum absolute atomic E-state index is 0.00236. The number of hydrogen-bond acceptors (Lipinski definition) is 14. The number of aliphatic hydroxyl groups is 2. The topological polar surface area (TPSA) is 158 Å². The van der Waals surface area contributed by atoms with Crippen LogP contribution in [0.25, 0.3) is 0 Å². The number of aliphatic hydroxyl groups excluding tert-OH is 2. The van der Waals surface area contributed by atoms with Gasteiger partial charge in [0.2, 0.25) is 0 Å². The Balaban J connectivity index is 1.24. The van der Waals surface area contributed by atoms with Crippen LogP contribution < -0.4 is 0 Å². The largest absolute Gasteiger partial charge is 0.390 e. The summed E-state index contributed by atoms with van der Waals surface area (Å²) in [4.78, 5) is 0. The van der Waals surface area contributed by atoms with Gasteiger partial charge in [-0.2, -0.15) is 0 Å². The summed E-state index contributed by atoms with van der Waals surface area (Å²) < 4.78 is 71.1. The smallest absolute Gasteiger partial charge is 0.160 e. The van der Waals surface area contributed by atoms with Gasteiger partial charge in [-0.3, -0.25) is 0 Å². The predicted octanol–water partition coefficient (Wildman–Crippen LogP) is 5.97. The minimum Gasteiger partial charge on any atom is -0.390 e. The van der Waals surface area contributed by atoms with Crippen molar-refractivity contribution in [1.29, 1.82) is 0 Å². The third kappa shape index (κ3) is 14.0. The van der Waals surface area contributed by atoms with Crippen LogP contribution in [0.2, 0.25) is 0 Å². The Morgan fingerprint density at radius 1 is 0.597 bits per heavy atom. The molecule has 0 bridgehead atoms. The number of rotatable bonds is 27. The molecule has 4 saturated heterocycles. The van der Waals surface area contributed by atoms with Crippen LogP contribution >= 0.6 is 0 Å². The minimum atomic E-state index is -0.667. The lowest BCUT2D eigenvalue weighted by atomic mass is 9.90. The van der Waals surface area contributed by atoms with Crippen LogP contribution in [-0.2, 0) is 56.8 Å². The van der Waals surface area contributed by atoms with Gasteiger partial charge >= 0.3 is 0 Å². The number of epoxide rings is 2. The summed E-state index contributed by atoms with van der Waals surface area (Å²) in [7, 11) is 11.7. The third-order valence-corrected chi connectivity index (χ3v) is 13.6. The molecule has 0 saturated carbocycles. The molecule has 4 heterocycles. The standard InChI is InChI=1S/C48H82O14/c1-15-33(51-8)31(6)43-47(61-43)39(49)27(2)20-17-22-30(5)42-46(57-14)36(26-38(55-12)60-42)58-24-18-23-34(52-9)32(7)44-48(62-44)40(50)28(3)19-16-21-29(4)41-45(56-13)35(53-10)25-37(54-11)59-41/h16-17,19-22,27-28,31-50H,15,18,23-26H2,1-14H3/b19-16+,20-17+,29-21+,30-22+/t27-,28-,31+,32+,33-,34-,35-,36-,37+,38+,39+,40+,41-,42-,43+,44+,45+,46-,47+,48+/m0/s1. The van der Waals surface area contributed by atoms with E-state index in [0.717, 1.165) is 30.4 Å². The van der Waals surface area contributed by atoms with Crippen LogP contribution in [-0.4, -0.2) is 165 Å². The monoisotopic (exact) mass is 883 g/mol. The molecule has 0 unspecified atom stereocenters. The van der Waals surface area contributed by atoms with Crippen LogP contribution in [0.1, 0.15) is 80.6 Å². The predicted molar refractivity (Wildman–Crippen MR) is 236 cm³/mol. The molecular weight excluding hydrogens is 801 g/mol. The zero-order chi connectivity index (χ0) is 45.7. The molecule has 358 valence electrons. The van der Waals surface area contributed by atoms with Gasteiger partial charge in [-0.05, 0) is 44.3 Å². The zero-order valence-electron chi connectivity index (χ0n) is 40.0. The van der Waals surface area contributed by atoms with Crippen LogP contribution in [0.15, 0.2) is 47.6 Å². The molecule has 0 amide bonds. The Kier molecular flexibility index (Phi) is 22.2. The molecule has 0 spiro atoms. The first-order valence-corrected chi connectivity index (χ1v) is 22.7. The summed E-state index contributed by atoms with van der Waals surface area (Å²) in [6.45, 7) is 14.8. The highest BCUT2D eigenvalue weighted by Crippen LogP contribution is 2.39. The lowest BCUT2D eigenvalue weighted by Gasteiger charge is -2.41. The van der Waals surface area contributed by atoms with Crippen molar-refractivity contribution in [2.75, 3.05) is 56.4 Å². The van der Waals surface area contributed by atoms with Crippen molar-refractivity contribution in [3.63, 3.8) is 0 Å². The first-order chi connectivity index (χ1) is 29.7. The lowest BCUT2D eigenvalue weighted by Crippen LogP contribution is -2.51. The fourth-order valence-corrected chi connectivity index (χ4v) is 9.35. The van der Waals surface area contributed by atoms with Gasteiger partial charge in [0.05, 0.1) is 48.8 Å². The Morgan fingerprint density at radius 2 is 1.05 bits per heavy atom. The Bertz CT molecular complexity index is 1420. The van der Waals surface area contributed by atoms with Crippen molar-refractivity contribution >= 4 is 0 Å². The third-order valence-electron chi connectivity index (χ3n) is 13.6. The normalized spacial score (nSPS) is 36.0. The highest BCUT2D eigenvalue weighted by atomic mass is 16.7. The van der Waals surface area contributed by atoms with E-state index in [1.165, 1.54) is 0 Å². The quantitative estimate of drug-likeness (QED) is 0.0566. The van der Waals surface area contributed by atoms with Gasteiger partial charge in [-0.15, -0.1) is 0 Å².